The van der Waals surface area contributed by atoms with Crippen molar-refractivity contribution in [1.82, 2.24) is 4.90 Å². The van der Waals surface area contributed by atoms with Crippen LogP contribution in [0.15, 0.2) is 16.8 Å². The quantitative estimate of drug-likeness (QED) is 0.856. The van der Waals surface area contributed by atoms with Gasteiger partial charge in [0.2, 0.25) is 5.91 Å². The molecule has 0 aliphatic rings. The lowest BCUT2D eigenvalue weighted by atomic mass is 9.99. The van der Waals surface area contributed by atoms with E-state index in [1.165, 1.54) is 0 Å². The highest BCUT2D eigenvalue weighted by molar-refractivity contribution is 7.07. The first kappa shape index (κ1) is 13.2. The minimum Gasteiger partial charge on any atom is -0.340 e. The van der Waals surface area contributed by atoms with Gasteiger partial charge in [0.25, 0.3) is 0 Å². The lowest BCUT2D eigenvalue weighted by Crippen LogP contribution is -2.45. The van der Waals surface area contributed by atoms with Crippen LogP contribution in [0.4, 0.5) is 0 Å². The second-order valence-corrected chi connectivity index (χ2v) is 5.02. The molecule has 90 valence electrons. The zero-order chi connectivity index (χ0) is 12.1. The van der Waals surface area contributed by atoms with Crippen LogP contribution in [0.5, 0.6) is 0 Å². The standard InChI is InChI=1S/C12H20N2OS/c1-4-9(2)11(13)12(15)14(3)7-10-5-6-16-8-10/h5-6,8-9,11H,4,7,13H2,1-3H3. The van der Waals surface area contributed by atoms with Crippen LogP contribution in [0, 0.1) is 5.92 Å². The molecule has 1 heterocycles. The fourth-order valence-corrected chi connectivity index (χ4v) is 2.15. The maximum Gasteiger partial charge on any atom is 0.239 e. The van der Waals surface area contributed by atoms with Gasteiger partial charge < -0.3 is 10.6 Å². The number of carbonyl (C=O) groups is 1. The van der Waals surface area contributed by atoms with Gasteiger partial charge in [0, 0.05) is 13.6 Å². The molecule has 1 amide bonds. The molecule has 0 saturated carbocycles. The fourth-order valence-electron chi connectivity index (χ4n) is 1.49. The summed E-state index contributed by atoms with van der Waals surface area (Å²) >= 11 is 1.64. The summed E-state index contributed by atoms with van der Waals surface area (Å²) in [4.78, 5) is 13.7. The van der Waals surface area contributed by atoms with Crippen molar-refractivity contribution in [3.63, 3.8) is 0 Å². The molecule has 4 heteroatoms. The molecule has 1 rings (SSSR count). The number of likely N-dealkylation sites (N-methyl/N-ethyl adjacent to an activating group) is 1. The Bertz CT molecular complexity index is 324. The van der Waals surface area contributed by atoms with Crippen molar-refractivity contribution in [1.29, 1.82) is 0 Å². The molecule has 2 unspecified atom stereocenters. The lowest BCUT2D eigenvalue weighted by Gasteiger charge is -2.24. The van der Waals surface area contributed by atoms with Crippen molar-refractivity contribution in [2.45, 2.75) is 32.9 Å². The van der Waals surface area contributed by atoms with Gasteiger partial charge in [-0.3, -0.25) is 4.79 Å². The van der Waals surface area contributed by atoms with Crippen molar-refractivity contribution in [3.8, 4) is 0 Å². The highest BCUT2D eigenvalue weighted by atomic mass is 32.1. The number of hydrogen-bond acceptors (Lipinski definition) is 3. The minimum absolute atomic E-state index is 0.0283. The zero-order valence-electron chi connectivity index (χ0n) is 10.1. The van der Waals surface area contributed by atoms with E-state index in [-0.39, 0.29) is 17.9 Å². The largest absolute Gasteiger partial charge is 0.340 e. The predicted octanol–water partition coefficient (Wildman–Crippen LogP) is 2.08. The molecule has 0 aliphatic carbocycles. The summed E-state index contributed by atoms with van der Waals surface area (Å²) in [5.41, 5.74) is 7.08. The number of nitrogens with zero attached hydrogens (tertiary/aromatic N) is 1. The molecule has 0 saturated heterocycles. The van der Waals surface area contributed by atoms with Crippen molar-refractivity contribution < 1.29 is 4.79 Å². The Morgan fingerprint density at radius 1 is 1.62 bits per heavy atom. The topological polar surface area (TPSA) is 46.3 Å². The summed E-state index contributed by atoms with van der Waals surface area (Å²) < 4.78 is 0. The molecular weight excluding hydrogens is 220 g/mol. The summed E-state index contributed by atoms with van der Waals surface area (Å²) in [6.45, 7) is 4.71. The molecule has 1 aromatic rings. The van der Waals surface area contributed by atoms with Crippen LogP contribution in [0.2, 0.25) is 0 Å². The first-order valence-corrected chi connectivity index (χ1v) is 6.52. The van der Waals surface area contributed by atoms with Gasteiger partial charge in [-0.25, -0.2) is 0 Å². The Morgan fingerprint density at radius 2 is 2.31 bits per heavy atom. The van der Waals surface area contributed by atoms with Crippen molar-refractivity contribution in [2.24, 2.45) is 11.7 Å². The summed E-state index contributed by atoms with van der Waals surface area (Å²) in [5.74, 6) is 0.262. The van der Waals surface area contributed by atoms with Gasteiger partial charge in [-0.2, -0.15) is 11.3 Å². The Hall–Kier alpha value is -0.870. The van der Waals surface area contributed by atoms with Gasteiger partial charge in [-0.1, -0.05) is 20.3 Å². The molecule has 0 bridgehead atoms. The Balaban J connectivity index is 2.53. The monoisotopic (exact) mass is 240 g/mol. The molecule has 2 N–H and O–H groups in total. The third-order valence-electron chi connectivity index (χ3n) is 2.92. The van der Waals surface area contributed by atoms with E-state index in [0.29, 0.717) is 6.54 Å². The van der Waals surface area contributed by atoms with Gasteiger partial charge in [0.1, 0.15) is 0 Å². The Morgan fingerprint density at radius 3 is 2.81 bits per heavy atom. The number of nitrogens with two attached hydrogens (primary N) is 1. The first-order chi connectivity index (χ1) is 7.56. The van der Waals surface area contributed by atoms with Crippen molar-refractivity contribution >= 4 is 17.2 Å². The molecule has 0 aromatic carbocycles. The van der Waals surface area contributed by atoms with Crippen LogP contribution in [0.3, 0.4) is 0 Å². The highest BCUT2D eigenvalue weighted by Gasteiger charge is 2.22. The van der Waals surface area contributed by atoms with E-state index in [2.05, 4.69) is 12.3 Å². The summed E-state index contributed by atoms with van der Waals surface area (Å²) in [7, 11) is 1.81. The normalized spacial score (nSPS) is 14.5. The maximum atomic E-state index is 12.0. The zero-order valence-corrected chi connectivity index (χ0v) is 11.0. The number of rotatable bonds is 5. The van der Waals surface area contributed by atoms with Crippen LogP contribution in [0.1, 0.15) is 25.8 Å². The second kappa shape index (κ2) is 6.01. The number of hydrogen-bond donors (Lipinski definition) is 1. The van der Waals surface area contributed by atoms with Crippen molar-refractivity contribution in [3.05, 3.63) is 22.4 Å². The van der Waals surface area contributed by atoms with E-state index in [1.807, 2.05) is 25.4 Å². The second-order valence-electron chi connectivity index (χ2n) is 4.24. The number of thiophene rings is 1. The van der Waals surface area contributed by atoms with Gasteiger partial charge in [0.15, 0.2) is 0 Å². The summed E-state index contributed by atoms with van der Waals surface area (Å²) in [6.07, 6.45) is 0.930. The van der Waals surface area contributed by atoms with Crippen molar-refractivity contribution in [2.75, 3.05) is 7.05 Å². The van der Waals surface area contributed by atoms with E-state index in [0.717, 1.165) is 12.0 Å². The average molecular weight is 240 g/mol. The minimum atomic E-state index is -0.381. The number of amides is 1. The third kappa shape index (κ3) is 3.32. The molecule has 1 aromatic heterocycles. The lowest BCUT2D eigenvalue weighted by molar-refractivity contribution is -0.132. The van der Waals surface area contributed by atoms with Gasteiger partial charge >= 0.3 is 0 Å². The molecule has 16 heavy (non-hydrogen) atoms. The van der Waals surface area contributed by atoms with Crippen LogP contribution in [0.25, 0.3) is 0 Å². The van der Waals surface area contributed by atoms with E-state index in [9.17, 15) is 4.79 Å². The maximum absolute atomic E-state index is 12.0. The first-order valence-electron chi connectivity index (χ1n) is 5.57. The Labute approximate surface area is 101 Å². The summed E-state index contributed by atoms with van der Waals surface area (Å²) in [5, 5.41) is 4.07. The van der Waals surface area contributed by atoms with Crippen LogP contribution in [-0.4, -0.2) is 23.9 Å². The van der Waals surface area contributed by atoms with E-state index >= 15 is 0 Å². The van der Waals surface area contributed by atoms with Gasteiger partial charge in [-0.05, 0) is 28.3 Å². The van der Waals surface area contributed by atoms with E-state index < -0.39 is 0 Å². The molecule has 0 radical (unpaired) electrons. The summed E-state index contributed by atoms with van der Waals surface area (Å²) in [6, 6.07) is 1.65. The average Bonchev–Trinajstić information content (AvgIpc) is 2.78. The smallest absolute Gasteiger partial charge is 0.239 e. The van der Waals surface area contributed by atoms with E-state index in [1.54, 1.807) is 16.2 Å². The molecule has 3 nitrogen and oxygen atoms in total. The predicted molar refractivity (Wildman–Crippen MR) is 68.2 cm³/mol. The molecule has 0 aliphatic heterocycles. The third-order valence-corrected chi connectivity index (χ3v) is 3.65. The fraction of sp³-hybridized carbons (Fsp3) is 0.583. The molecule has 0 fully saturated rings. The molecular formula is C12H20N2OS. The molecule has 2 atom stereocenters. The molecule has 0 spiro atoms. The van der Waals surface area contributed by atoms with Crippen LogP contribution in [-0.2, 0) is 11.3 Å². The van der Waals surface area contributed by atoms with Crippen LogP contribution >= 0.6 is 11.3 Å². The van der Waals surface area contributed by atoms with E-state index in [4.69, 9.17) is 5.73 Å². The number of carbonyl (C=O) groups excluding carboxylic acids is 1. The van der Waals surface area contributed by atoms with Gasteiger partial charge in [-0.15, -0.1) is 0 Å². The highest BCUT2D eigenvalue weighted by Crippen LogP contribution is 2.12. The SMILES string of the molecule is CCC(C)C(N)C(=O)N(C)Cc1ccsc1. The van der Waals surface area contributed by atoms with Crippen LogP contribution < -0.4 is 5.73 Å². The van der Waals surface area contributed by atoms with Gasteiger partial charge in [0.05, 0.1) is 6.04 Å². The Kier molecular flexibility index (Phi) is 4.96.